The molecule has 1 saturated carbocycles. The third-order valence-corrected chi connectivity index (χ3v) is 3.79. The van der Waals surface area contributed by atoms with Crippen LogP contribution in [-0.4, -0.2) is 18.9 Å². The van der Waals surface area contributed by atoms with E-state index in [1.807, 2.05) is 0 Å². The second kappa shape index (κ2) is 4.03. The van der Waals surface area contributed by atoms with Crippen LogP contribution >= 0.6 is 0 Å². The first-order valence-electron chi connectivity index (χ1n) is 5.20. The van der Waals surface area contributed by atoms with Crippen molar-refractivity contribution in [1.29, 1.82) is 0 Å². The monoisotopic (exact) mass is 262 g/mol. The molecule has 0 bridgehead atoms. The molecule has 0 spiro atoms. The van der Waals surface area contributed by atoms with Crippen LogP contribution in [0.5, 0.6) is 0 Å². The first-order chi connectivity index (χ1) is 7.76. The molecular formula is C11H12F2O3S. The summed E-state index contributed by atoms with van der Waals surface area (Å²) in [6.45, 7) is 0. The van der Waals surface area contributed by atoms with E-state index >= 15 is 0 Å². The number of rotatable bonds is 3. The average molecular weight is 262 g/mol. The molecule has 6 heteroatoms. The quantitative estimate of drug-likeness (QED) is 0.851. The molecule has 2 rings (SSSR count). The zero-order chi connectivity index (χ0) is 12.7. The molecule has 0 unspecified atom stereocenters. The van der Waals surface area contributed by atoms with E-state index in [0.29, 0.717) is 6.42 Å². The highest BCUT2D eigenvalue weighted by molar-refractivity contribution is 7.85. The van der Waals surface area contributed by atoms with E-state index in [9.17, 15) is 17.2 Å². The Labute approximate surface area is 98.2 Å². The Morgan fingerprint density at radius 2 is 1.76 bits per heavy atom. The smallest absolute Gasteiger partial charge is 0.282 e. The van der Waals surface area contributed by atoms with Gasteiger partial charge in [-0.15, -0.1) is 0 Å². The Morgan fingerprint density at radius 3 is 2.18 bits per heavy atom. The van der Waals surface area contributed by atoms with Crippen molar-refractivity contribution in [2.45, 2.75) is 30.1 Å². The SMILES string of the molecule is O=S(=O)(O)c1ccc(CC2CC(F)(F)C2)cc1. The molecule has 1 N–H and O–H groups in total. The van der Waals surface area contributed by atoms with Crippen LogP contribution in [0.25, 0.3) is 0 Å². The topological polar surface area (TPSA) is 54.4 Å². The minimum atomic E-state index is -4.18. The van der Waals surface area contributed by atoms with Crippen molar-refractivity contribution < 1.29 is 21.8 Å². The molecule has 17 heavy (non-hydrogen) atoms. The summed E-state index contributed by atoms with van der Waals surface area (Å²) in [6.07, 6.45) is 0.307. The average Bonchev–Trinajstić information content (AvgIpc) is 2.14. The van der Waals surface area contributed by atoms with E-state index in [4.69, 9.17) is 4.55 Å². The zero-order valence-electron chi connectivity index (χ0n) is 8.94. The standard InChI is InChI=1S/C11H12F2O3S/c12-11(13)6-9(7-11)5-8-1-3-10(4-2-8)17(14,15)16/h1-4,9H,5-7H2,(H,14,15,16). The number of hydrogen-bond donors (Lipinski definition) is 1. The zero-order valence-corrected chi connectivity index (χ0v) is 9.75. The van der Waals surface area contributed by atoms with Crippen molar-refractivity contribution in [3.63, 3.8) is 0 Å². The van der Waals surface area contributed by atoms with Gasteiger partial charge in [0, 0.05) is 12.8 Å². The van der Waals surface area contributed by atoms with Gasteiger partial charge in [0.1, 0.15) is 0 Å². The summed E-state index contributed by atoms with van der Waals surface area (Å²) >= 11 is 0. The molecule has 0 aromatic heterocycles. The fourth-order valence-corrected chi connectivity index (χ4v) is 2.54. The van der Waals surface area contributed by atoms with Crippen molar-refractivity contribution in [1.82, 2.24) is 0 Å². The van der Waals surface area contributed by atoms with Crippen LogP contribution < -0.4 is 0 Å². The van der Waals surface area contributed by atoms with Gasteiger partial charge in [-0.2, -0.15) is 8.42 Å². The molecule has 3 nitrogen and oxygen atoms in total. The highest BCUT2D eigenvalue weighted by atomic mass is 32.2. The Balaban J connectivity index is 2.00. The van der Waals surface area contributed by atoms with Gasteiger partial charge in [-0.25, -0.2) is 8.78 Å². The molecule has 1 aliphatic carbocycles. The molecule has 1 fully saturated rings. The highest BCUT2D eigenvalue weighted by Gasteiger charge is 2.44. The Bertz CT molecular complexity index is 500. The maximum absolute atomic E-state index is 12.6. The van der Waals surface area contributed by atoms with Gasteiger partial charge in [-0.3, -0.25) is 4.55 Å². The van der Waals surface area contributed by atoms with Crippen molar-refractivity contribution in [3.8, 4) is 0 Å². The Morgan fingerprint density at radius 1 is 1.24 bits per heavy atom. The fraction of sp³-hybridized carbons (Fsp3) is 0.455. The van der Waals surface area contributed by atoms with Crippen LogP contribution in [0.1, 0.15) is 18.4 Å². The molecule has 1 aliphatic rings. The lowest BCUT2D eigenvalue weighted by Crippen LogP contribution is -2.36. The molecular weight excluding hydrogens is 250 g/mol. The van der Waals surface area contributed by atoms with Crippen LogP contribution in [0, 0.1) is 5.92 Å². The van der Waals surface area contributed by atoms with Crippen molar-refractivity contribution in [2.24, 2.45) is 5.92 Å². The third-order valence-electron chi connectivity index (χ3n) is 2.92. The summed E-state index contributed by atoms with van der Waals surface area (Å²) in [5.74, 6) is -2.57. The van der Waals surface area contributed by atoms with Gasteiger partial charge in [0.2, 0.25) is 5.92 Å². The summed E-state index contributed by atoms with van der Waals surface area (Å²) < 4.78 is 55.5. The number of benzene rings is 1. The maximum Gasteiger partial charge on any atom is 0.294 e. The first kappa shape index (κ1) is 12.4. The molecule has 0 saturated heterocycles. The molecule has 0 atom stereocenters. The van der Waals surface area contributed by atoms with Crippen LogP contribution in [0.2, 0.25) is 0 Å². The Hall–Kier alpha value is -1.01. The number of hydrogen-bond acceptors (Lipinski definition) is 2. The molecule has 94 valence electrons. The van der Waals surface area contributed by atoms with E-state index in [-0.39, 0.29) is 23.7 Å². The van der Waals surface area contributed by atoms with Gasteiger partial charge in [-0.1, -0.05) is 12.1 Å². The van der Waals surface area contributed by atoms with Gasteiger partial charge >= 0.3 is 0 Å². The molecule has 1 aromatic carbocycles. The second-order valence-electron chi connectivity index (χ2n) is 4.45. The normalized spacial score (nSPS) is 19.9. The molecule has 1 aromatic rings. The summed E-state index contributed by atoms with van der Waals surface area (Å²) in [5, 5.41) is 0. The molecule has 0 aliphatic heterocycles. The van der Waals surface area contributed by atoms with Gasteiger partial charge in [0.15, 0.2) is 0 Å². The van der Waals surface area contributed by atoms with Crippen LogP contribution in [-0.2, 0) is 16.5 Å². The molecule has 0 radical (unpaired) electrons. The molecule has 0 amide bonds. The van der Waals surface area contributed by atoms with Gasteiger partial charge in [0.05, 0.1) is 4.90 Å². The Kier molecular flexibility index (Phi) is 2.95. The van der Waals surface area contributed by atoms with E-state index < -0.39 is 16.0 Å². The summed E-state index contributed by atoms with van der Waals surface area (Å²) in [5.41, 5.74) is 0.804. The van der Waals surface area contributed by atoms with E-state index in [1.165, 1.54) is 12.1 Å². The van der Waals surface area contributed by atoms with E-state index in [0.717, 1.165) is 5.56 Å². The predicted octanol–water partition coefficient (Wildman–Crippen LogP) is 2.52. The predicted molar refractivity (Wildman–Crippen MR) is 57.6 cm³/mol. The third kappa shape index (κ3) is 3.01. The minimum absolute atomic E-state index is 0.0402. The van der Waals surface area contributed by atoms with Gasteiger partial charge < -0.3 is 0 Å². The highest BCUT2D eigenvalue weighted by Crippen LogP contribution is 2.43. The summed E-state index contributed by atoms with van der Waals surface area (Å²) in [6, 6.07) is 5.64. The van der Waals surface area contributed by atoms with E-state index in [1.54, 1.807) is 12.1 Å². The lowest BCUT2D eigenvalue weighted by molar-refractivity contribution is -0.109. The second-order valence-corrected chi connectivity index (χ2v) is 5.87. The summed E-state index contributed by atoms with van der Waals surface area (Å²) in [7, 11) is -4.18. The maximum atomic E-state index is 12.6. The lowest BCUT2D eigenvalue weighted by atomic mass is 9.77. The largest absolute Gasteiger partial charge is 0.294 e. The number of halogens is 2. The first-order valence-corrected chi connectivity index (χ1v) is 6.64. The summed E-state index contributed by atoms with van der Waals surface area (Å²) in [4.78, 5) is -0.180. The van der Waals surface area contributed by atoms with E-state index in [2.05, 4.69) is 0 Å². The number of alkyl halides is 2. The van der Waals surface area contributed by atoms with Crippen LogP contribution in [0.3, 0.4) is 0 Å². The fourth-order valence-electron chi connectivity index (χ4n) is 2.06. The molecule has 0 heterocycles. The van der Waals surface area contributed by atoms with Gasteiger partial charge in [-0.05, 0) is 30.0 Å². The minimum Gasteiger partial charge on any atom is -0.282 e. The van der Waals surface area contributed by atoms with Gasteiger partial charge in [0.25, 0.3) is 10.1 Å². The van der Waals surface area contributed by atoms with Crippen molar-refractivity contribution in [3.05, 3.63) is 29.8 Å². The van der Waals surface area contributed by atoms with Crippen LogP contribution in [0.15, 0.2) is 29.2 Å². The van der Waals surface area contributed by atoms with Crippen molar-refractivity contribution >= 4 is 10.1 Å². The van der Waals surface area contributed by atoms with Crippen LogP contribution in [0.4, 0.5) is 8.78 Å². The lowest BCUT2D eigenvalue weighted by Gasteiger charge is -2.34. The van der Waals surface area contributed by atoms with Crippen molar-refractivity contribution in [2.75, 3.05) is 0 Å².